The molecule has 0 bridgehead atoms. The molecule has 1 saturated carbocycles. The van der Waals surface area contributed by atoms with Crippen LogP contribution in [0.4, 0.5) is 4.39 Å². The first-order valence-corrected chi connectivity index (χ1v) is 13.7. The van der Waals surface area contributed by atoms with Crippen molar-refractivity contribution in [2.24, 2.45) is 0 Å². The Morgan fingerprint density at radius 3 is 2.52 bits per heavy atom. The van der Waals surface area contributed by atoms with Gasteiger partial charge in [-0.05, 0) is 47.7 Å². The number of carbonyl (C=O) groups excluding carboxylic acids is 1. The highest BCUT2D eigenvalue weighted by molar-refractivity contribution is 6.30. The molecule has 5 rings (SSSR count). The van der Waals surface area contributed by atoms with Crippen molar-refractivity contribution < 1.29 is 33.3 Å². The predicted octanol–water partition coefficient (Wildman–Crippen LogP) is 6.11. The zero-order chi connectivity index (χ0) is 28.2. The first-order valence-electron chi connectivity index (χ1n) is 13.3. The van der Waals surface area contributed by atoms with Gasteiger partial charge in [0.25, 0.3) is 5.91 Å². The van der Waals surface area contributed by atoms with Crippen LogP contribution in [0.15, 0.2) is 60.7 Å². The van der Waals surface area contributed by atoms with Gasteiger partial charge < -0.3 is 24.2 Å². The Morgan fingerprint density at radius 1 is 1.10 bits per heavy atom. The van der Waals surface area contributed by atoms with Crippen molar-refractivity contribution in [3.63, 3.8) is 0 Å². The summed E-state index contributed by atoms with van der Waals surface area (Å²) in [5.74, 6) is -1.27. The van der Waals surface area contributed by atoms with Crippen LogP contribution in [0.5, 0.6) is 11.5 Å². The van der Waals surface area contributed by atoms with Crippen LogP contribution in [0.2, 0.25) is 5.02 Å². The minimum absolute atomic E-state index is 0.0122. The van der Waals surface area contributed by atoms with Gasteiger partial charge in [-0.3, -0.25) is 4.79 Å². The SMILES string of the molecule is COc1ccc2c(c1OCc1ccc(Cl)c(F)c1)C[C@@H](C(=O)O)N(C(=O)C(OC1CCCC1)c1ccccc1)C2. The van der Waals surface area contributed by atoms with E-state index in [-0.39, 0.29) is 36.6 Å². The summed E-state index contributed by atoms with van der Waals surface area (Å²) >= 11 is 5.80. The Hall–Kier alpha value is -3.62. The number of carbonyl (C=O) groups is 2. The molecule has 1 fully saturated rings. The standard InChI is InChI=1S/C31H31ClFNO6/c1-38-27-14-12-21-17-34(30(35)28(20-7-3-2-4-8-20)40-22-9-5-6-10-22)26(31(36)37)16-23(21)29(27)39-18-19-11-13-24(32)25(33)15-19/h2-4,7-8,11-15,22,26,28H,5-6,9-10,16-18H2,1H3,(H,36,37)/t26-,28?/m0/s1. The monoisotopic (exact) mass is 567 g/mol. The van der Waals surface area contributed by atoms with Crippen LogP contribution in [0.1, 0.15) is 54.0 Å². The summed E-state index contributed by atoms with van der Waals surface area (Å²) in [6, 6.07) is 16.0. The summed E-state index contributed by atoms with van der Waals surface area (Å²) in [7, 11) is 1.49. The highest BCUT2D eigenvalue weighted by Crippen LogP contribution is 2.40. The lowest BCUT2D eigenvalue weighted by Gasteiger charge is -2.37. The quantitative estimate of drug-likeness (QED) is 0.336. The fraction of sp³-hybridized carbons (Fsp3) is 0.355. The van der Waals surface area contributed by atoms with E-state index in [1.54, 1.807) is 12.1 Å². The van der Waals surface area contributed by atoms with E-state index in [4.69, 9.17) is 25.8 Å². The van der Waals surface area contributed by atoms with Crippen LogP contribution in [0.25, 0.3) is 0 Å². The lowest BCUT2D eigenvalue weighted by atomic mass is 9.91. The fourth-order valence-electron chi connectivity index (χ4n) is 5.45. The largest absolute Gasteiger partial charge is 0.493 e. The van der Waals surface area contributed by atoms with Gasteiger partial charge in [0, 0.05) is 18.5 Å². The molecule has 1 unspecified atom stereocenters. The minimum atomic E-state index is -1.14. The Morgan fingerprint density at radius 2 is 1.85 bits per heavy atom. The van der Waals surface area contributed by atoms with Crippen molar-refractivity contribution in [3.8, 4) is 11.5 Å². The number of hydrogen-bond acceptors (Lipinski definition) is 5. The number of amides is 1. The summed E-state index contributed by atoms with van der Waals surface area (Å²) < 4.78 is 31.9. The highest BCUT2D eigenvalue weighted by atomic mass is 35.5. The summed E-state index contributed by atoms with van der Waals surface area (Å²) in [5.41, 5.74) is 2.64. The van der Waals surface area contributed by atoms with Gasteiger partial charge >= 0.3 is 5.97 Å². The predicted molar refractivity (Wildman–Crippen MR) is 147 cm³/mol. The Balaban J connectivity index is 1.45. The summed E-state index contributed by atoms with van der Waals surface area (Å²) in [6.07, 6.45) is 2.91. The van der Waals surface area contributed by atoms with Crippen LogP contribution >= 0.6 is 11.6 Å². The number of carboxylic acid groups (broad SMARTS) is 1. The van der Waals surface area contributed by atoms with Crippen molar-refractivity contribution in [3.05, 3.63) is 93.8 Å². The van der Waals surface area contributed by atoms with E-state index in [2.05, 4.69) is 0 Å². The van der Waals surface area contributed by atoms with E-state index in [9.17, 15) is 19.1 Å². The molecule has 0 aromatic heterocycles. The molecule has 0 radical (unpaired) electrons. The molecule has 3 aromatic carbocycles. The van der Waals surface area contributed by atoms with Crippen LogP contribution < -0.4 is 9.47 Å². The number of carboxylic acids is 1. The molecule has 2 atom stereocenters. The molecule has 1 aliphatic heterocycles. The number of fused-ring (bicyclic) bond motifs is 1. The molecule has 3 aromatic rings. The molecule has 0 spiro atoms. The van der Waals surface area contributed by atoms with Gasteiger partial charge in [0.1, 0.15) is 18.5 Å². The average molecular weight is 568 g/mol. The lowest BCUT2D eigenvalue weighted by Crippen LogP contribution is -2.50. The van der Waals surface area contributed by atoms with Crippen LogP contribution in [-0.4, -0.2) is 41.1 Å². The zero-order valence-corrected chi connectivity index (χ0v) is 22.9. The second-order valence-electron chi connectivity index (χ2n) is 10.1. The molecule has 7 nitrogen and oxygen atoms in total. The van der Waals surface area contributed by atoms with Crippen molar-refractivity contribution in [1.29, 1.82) is 0 Å². The third-order valence-corrected chi connectivity index (χ3v) is 7.85. The minimum Gasteiger partial charge on any atom is -0.493 e. The Bertz CT molecular complexity index is 1380. The normalized spacial score (nSPS) is 17.8. The summed E-state index contributed by atoms with van der Waals surface area (Å²) in [6.45, 7) is 0.0883. The molecule has 1 N–H and O–H groups in total. The first-order chi connectivity index (χ1) is 19.4. The van der Waals surface area contributed by atoms with E-state index < -0.39 is 23.9 Å². The third-order valence-electron chi connectivity index (χ3n) is 7.55. The fourth-order valence-corrected chi connectivity index (χ4v) is 5.56. The second kappa shape index (κ2) is 12.3. The Labute approximate surface area is 237 Å². The zero-order valence-electron chi connectivity index (χ0n) is 22.1. The number of hydrogen-bond donors (Lipinski definition) is 1. The second-order valence-corrected chi connectivity index (χ2v) is 10.5. The maximum Gasteiger partial charge on any atom is 0.326 e. The maximum absolute atomic E-state index is 14.0. The number of halogens is 2. The molecule has 9 heteroatoms. The highest BCUT2D eigenvalue weighted by Gasteiger charge is 2.41. The van der Waals surface area contributed by atoms with E-state index >= 15 is 0 Å². The average Bonchev–Trinajstić information content (AvgIpc) is 3.49. The number of benzene rings is 3. The van der Waals surface area contributed by atoms with Crippen molar-refractivity contribution >= 4 is 23.5 Å². The van der Waals surface area contributed by atoms with Gasteiger partial charge in [0.2, 0.25) is 0 Å². The molecule has 1 aliphatic carbocycles. The van der Waals surface area contributed by atoms with Gasteiger partial charge in [-0.25, -0.2) is 9.18 Å². The van der Waals surface area contributed by atoms with Crippen molar-refractivity contribution in [1.82, 2.24) is 4.90 Å². The number of aliphatic carboxylic acids is 1. The maximum atomic E-state index is 14.0. The number of nitrogens with zero attached hydrogens (tertiary/aromatic N) is 1. The summed E-state index contributed by atoms with van der Waals surface area (Å²) in [5, 5.41) is 10.3. The van der Waals surface area contributed by atoms with Gasteiger partial charge in [-0.1, -0.05) is 66.9 Å². The number of rotatable bonds is 9. The van der Waals surface area contributed by atoms with E-state index in [1.165, 1.54) is 24.1 Å². The molecule has 1 amide bonds. The third kappa shape index (κ3) is 5.93. The summed E-state index contributed by atoms with van der Waals surface area (Å²) in [4.78, 5) is 28.0. The van der Waals surface area contributed by atoms with Gasteiger partial charge in [0.05, 0.1) is 18.2 Å². The first kappa shape index (κ1) is 27.9. The smallest absolute Gasteiger partial charge is 0.326 e. The van der Waals surface area contributed by atoms with Crippen LogP contribution in [0.3, 0.4) is 0 Å². The molecule has 210 valence electrons. The molecular weight excluding hydrogens is 537 g/mol. The topological polar surface area (TPSA) is 85.3 Å². The molecule has 2 aliphatic rings. The van der Waals surface area contributed by atoms with E-state index in [0.717, 1.165) is 31.2 Å². The van der Waals surface area contributed by atoms with Gasteiger partial charge in [0.15, 0.2) is 17.6 Å². The molecular formula is C31H31ClFNO6. The van der Waals surface area contributed by atoms with Gasteiger partial charge in [-0.15, -0.1) is 0 Å². The van der Waals surface area contributed by atoms with Crippen molar-refractivity contribution in [2.45, 2.75) is 63.5 Å². The van der Waals surface area contributed by atoms with Crippen molar-refractivity contribution in [2.75, 3.05) is 7.11 Å². The number of methoxy groups -OCH3 is 1. The van der Waals surface area contributed by atoms with Gasteiger partial charge in [-0.2, -0.15) is 0 Å². The van der Waals surface area contributed by atoms with E-state index in [0.29, 0.717) is 28.2 Å². The molecule has 1 heterocycles. The lowest BCUT2D eigenvalue weighted by molar-refractivity contribution is -0.160. The number of ether oxygens (including phenoxy) is 3. The van der Waals surface area contributed by atoms with Crippen LogP contribution in [0, 0.1) is 5.82 Å². The molecule has 40 heavy (non-hydrogen) atoms. The Kier molecular flexibility index (Phi) is 8.57. The van der Waals surface area contributed by atoms with Crippen LogP contribution in [-0.2, 0) is 33.9 Å². The molecule has 0 saturated heterocycles. The van der Waals surface area contributed by atoms with E-state index in [1.807, 2.05) is 36.4 Å².